The van der Waals surface area contributed by atoms with Crippen molar-refractivity contribution in [2.45, 2.75) is 13.5 Å². The summed E-state index contributed by atoms with van der Waals surface area (Å²) in [5.74, 6) is -0.282. The standard InChI is InChI=1S/C15H12F2N2/c1-10-18-14-4-2-3-5-15(14)19(10)9-11-6-7-12(16)8-13(11)17/h2-8H,9H2,1H3. The van der Waals surface area contributed by atoms with Crippen molar-refractivity contribution in [3.8, 4) is 0 Å². The molecule has 0 fully saturated rings. The van der Waals surface area contributed by atoms with Crippen molar-refractivity contribution in [2.24, 2.45) is 0 Å². The third-order valence-electron chi connectivity index (χ3n) is 3.19. The van der Waals surface area contributed by atoms with E-state index in [0.29, 0.717) is 12.1 Å². The number of hydrogen-bond donors (Lipinski definition) is 0. The van der Waals surface area contributed by atoms with Crippen LogP contribution in [0.3, 0.4) is 0 Å². The Kier molecular flexibility index (Phi) is 2.78. The molecule has 0 atom stereocenters. The summed E-state index contributed by atoms with van der Waals surface area (Å²) < 4.78 is 28.5. The topological polar surface area (TPSA) is 17.8 Å². The molecule has 0 N–H and O–H groups in total. The number of benzene rings is 2. The number of aryl methyl sites for hydroxylation is 1. The van der Waals surface area contributed by atoms with Crippen LogP contribution in [0.1, 0.15) is 11.4 Å². The number of hydrogen-bond acceptors (Lipinski definition) is 1. The second-order valence-corrected chi connectivity index (χ2v) is 4.47. The van der Waals surface area contributed by atoms with Crippen LogP contribution in [-0.4, -0.2) is 9.55 Å². The monoisotopic (exact) mass is 258 g/mol. The van der Waals surface area contributed by atoms with Crippen LogP contribution in [0.25, 0.3) is 11.0 Å². The molecule has 0 aliphatic rings. The number of nitrogens with zero attached hydrogens (tertiary/aromatic N) is 2. The Morgan fingerprint density at radius 1 is 1.11 bits per heavy atom. The first kappa shape index (κ1) is 11.8. The zero-order valence-electron chi connectivity index (χ0n) is 10.4. The number of imidazole rings is 1. The zero-order chi connectivity index (χ0) is 13.4. The highest BCUT2D eigenvalue weighted by Gasteiger charge is 2.10. The molecule has 0 amide bonds. The van der Waals surface area contributed by atoms with Crippen LogP contribution in [0.5, 0.6) is 0 Å². The minimum atomic E-state index is -0.562. The lowest BCUT2D eigenvalue weighted by molar-refractivity contribution is 0.566. The van der Waals surface area contributed by atoms with E-state index in [0.717, 1.165) is 22.9 Å². The molecule has 0 aliphatic heterocycles. The van der Waals surface area contributed by atoms with Crippen molar-refractivity contribution >= 4 is 11.0 Å². The Morgan fingerprint density at radius 2 is 1.89 bits per heavy atom. The summed E-state index contributed by atoms with van der Waals surface area (Å²) in [5.41, 5.74) is 2.28. The Labute approximate surface area is 109 Å². The molecule has 0 saturated heterocycles. The second kappa shape index (κ2) is 4.46. The minimum Gasteiger partial charge on any atom is -0.324 e. The number of aromatic nitrogens is 2. The van der Waals surface area contributed by atoms with Crippen LogP contribution in [0.4, 0.5) is 8.78 Å². The fourth-order valence-corrected chi connectivity index (χ4v) is 2.22. The van der Waals surface area contributed by atoms with Crippen molar-refractivity contribution < 1.29 is 8.78 Å². The van der Waals surface area contributed by atoms with Crippen LogP contribution in [-0.2, 0) is 6.54 Å². The Hall–Kier alpha value is -2.23. The van der Waals surface area contributed by atoms with Crippen LogP contribution < -0.4 is 0 Å². The van der Waals surface area contributed by atoms with Gasteiger partial charge >= 0.3 is 0 Å². The van der Waals surface area contributed by atoms with Gasteiger partial charge in [0.05, 0.1) is 17.6 Å². The van der Waals surface area contributed by atoms with E-state index in [-0.39, 0.29) is 0 Å². The normalized spacial score (nSPS) is 11.1. The van der Waals surface area contributed by atoms with Crippen LogP contribution >= 0.6 is 0 Å². The third kappa shape index (κ3) is 2.10. The molecule has 0 bridgehead atoms. The van der Waals surface area contributed by atoms with Crippen molar-refractivity contribution in [3.05, 3.63) is 65.5 Å². The van der Waals surface area contributed by atoms with Gasteiger partial charge in [-0.25, -0.2) is 13.8 Å². The zero-order valence-corrected chi connectivity index (χ0v) is 10.4. The van der Waals surface area contributed by atoms with Gasteiger partial charge in [-0.1, -0.05) is 18.2 Å². The van der Waals surface area contributed by atoms with Gasteiger partial charge in [0.25, 0.3) is 0 Å². The highest BCUT2D eigenvalue weighted by atomic mass is 19.1. The second-order valence-electron chi connectivity index (χ2n) is 4.47. The van der Waals surface area contributed by atoms with E-state index in [4.69, 9.17) is 0 Å². The lowest BCUT2D eigenvalue weighted by Gasteiger charge is -2.08. The van der Waals surface area contributed by atoms with Gasteiger partial charge in [-0.3, -0.25) is 0 Å². The van der Waals surface area contributed by atoms with E-state index in [2.05, 4.69) is 4.98 Å². The molecule has 3 aromatic rings. The highest BCUT2D eigenvalue weighted by molar-refractivity contribution is 5.75. The average molecular weight is 258 g/mol. The molecule has 19 heavy (non-hydrogen) atoms. The molecule has 2 aromatic carbocycles. The summed E-state index contributed by atoms with van der Waals surface area (Å²) in [4.78, 5) is 4.42. The summed E-state index contributed by atoms with van der Waals surface area (Å²) in [6.07, 6.45) is 0. The number of halogens is 2. The van der Waals surface area contributed by atoms with E-state index >= 15 is 0 Å². The quantitative estimate of drug-likeness (QED) is 0.685. The Balaban J connectivity index is 2.08. The minimum absolute atomic E-state index is 0.346. The number of para-hydroxylation sites is 2. The fourth-order valence-electron chi connectivity index (χ4n) is 2.22. The lowest BCUT2D eigenvalue weighted by Crippen LogP contribution is -2.04. The lowest BCUT2D eigenvalue weighted by atomic mass is 10.2. The molecule has 0 unspecified atom stereocenters. The summed E-state index contributed by atoms with van der Waals surface area (Å²) in [6.45, 7) is 2.22. The van der Waals surface area contributed by atoms with Crippen molar-refractivity contribution in [3.63, 3.8) is 0 Å². The van der Waals surface area contributed by atoms with Crippen molar-refractivity contribution in [1.29, 1.82) is 0 Å². The molecule has 2 nitrogen and oxygen atoms in total. The van der Waals surface area contributed by atoms with Crippen LogP contribution in [0, 0.1) is 18.6 Å². The van der Waals surface area contributed by atoms with Gasteiger partial charge in [-0.05, 0) is 25.1 Å². The molecule has 1 heterocycles. The third-order valence-corrected chi connectivity index (χ3v) is 3.19. The molecule has 4 heteroatoms. The maximum atomic E-state index is 13.7. The Bertz CT molecular complexity index is 747. The summed E-state index contributed by atoms with van der Waals surface area (Å²) >= 11 is 0. The van der Waals surface area contributed by atoms with Gasteiger partial charge in [0.1, 0.15) is 17.5 Å². The SMILES string of the molecule is Cc1nc2ccccc2n1Cc1ccc(F)cc1F. The van der Waals surface area contributed by atoms with Gasteiger partial charge in [-0.2, -0.15) is 0 Å². The summed E-state index contributed by atoms with van der Waals surface area (Å²) in [5, 5.41) is 0. The summed E-state index contributed by atoms with van der Waals surface area (Å²) in [7, 11) is 0. The van der Waals surface area contributed by atoms with E-state index < -0.39 is 11.6 Å². The molecular formula is C15H12F2N2. The predicted molar refractivity (Wildman–Crippen MR) is 69.9 cm³/mol. The molecule has 3 rings (SSSR count). The first-order valence-corrected chi connectivity index (χ1v) is 6.01. The van der Waals surface area contributed by atoms with Crippen LogP contribution in [0.2, 0.25) is 0 Å². The Morgan fingerprint density at radius 3 is 2.68 bits per heavy atom. The maximum absolute atomic E-state index is 13.7. The van der Waals surface area contributed by atoms with E-state index in [1.807, 2.05) is 35.8 Å². The number of fused-ring (bicyclic) bond motifs is 1. The smallest absolute Gasteiger partial charge is 0.131 e. The van der Waals surface area contributed by atoms with Crippen molar-refractivity contribution in [1.82, 2.24) is 9.55 Å². The van der Waals surface area contributed by atoms with Gasteiger partial charge in [0.15, 0.2) is 0 Å². The van der Waals surface area contributed by atoms with Crippen molar-refractivity contribution in [2.75, 3.05) is 0 Å². The first-order valence-electron chi connectivity index (χ1n) is 6.01. The predicted octanol–water partition coefficient (Wildman–Crippen LogP) is 3.67. The molecule has 0 aliphatic carbocycles. The molecule has 0 spiro atoms. The molecular weight excluding hydrogens is 246 g/mol. The van der Waals surface area contributed by atoms with E-state index in [1.165, 1.54) is 12.1 Å². The molecule has 96 valence electrons. The molecule has 0 saturated carbocycles. The van der Waals surface area contributed by atoms with Gasteiger partial charge < -0.3 is 4.57 Å². The maximum Gasteiger partial charge on any atom is 0.131 e. The molecule has 0 radical (unpaired) electrons. The highest BCUT2D eigenvalue weighted by Crippen LogP contribution is 2.19. The number of rotatable bonds is 2. The van der Waals surface area contributed by atoms with E-state index in [9.17, 15) is 8.78 Å². The van der Waals surface area contributed by atoms with E-state index in [1.54, 1.807) is 0 Å². The largest absolute Gasteiger partial charge is 0.324 e. The van der Waals surface area contributed by atoms with Crippen LogP contribution in [0.15, 0.2) is 42.5 Å². The van der Waals surface area contributed by atoms with Gasteiger partial charge in [0, 0.05) is 11.6 Å². The summed E-state index contributed by atoms with van der Waals surface area (Å²) in [6, 6.07) is 11.3. The van der Waals surface area contributed by atoms with Gasteiger partial charge in [-0.15, -0.1) is 0 Å². The first-order chi connectivity index (χ1) is 9.15. The average Bonchev–Trinajstić information content (AvgIpc) is 2.69. The fraction of sp³-hybridized carbons (Fsp3) is 0.133. The molecule has 1 aromatic heterocycles. The van der Waals surface area contributed by atoms with Gasteiger partial charge in [0.2, 0.25) is 0 Å².